The zero-order valence-corrected chi connectivity index (χ0v) is 25.0. The lowest BCUT2D eigenvalue weighted by molar-refractivity contribution is 0.414. The topological polar surface area (TPSA) is 9.23 Å². The number of allylic oxidation sites excluding steroid dienone is 4. The summed E-state index contributed by atoms with van der Waals surface area (Å²) in [7, 11) is 1.37. The monoisotopic (exact) mass is 470 g/mol. The van der Waals surface area contributed by atoms with Crippen LogP contribution in [0.15, 0.2) is 35.4 Å². The van der Waals surface area contributed by atoms with Crippen molar-refractivity contribution in [2.75, 3.05) is 7.11 Å². The molecule has 0 N–H and O–H groups in total. The molecular formula is C31H51OP. The normalized spacial score (nSPS) is 20.4. The van der Waals surface area contributed by atoms with E-state index in [1.165, 1.54) is 16.7 Å². The summed E-state index contributed by atoms with van der Waals surface area (Å²) in [6, 6.07) is 6.68. The summed E-state index contributed by atoms with van der Waals surface area (Å²) in [5.74, 6) is 2.51. The van der Waals surface area contributed by atoms with Gasteiger partial charge in [0.25, 0.3) is 0 Å². The van der Waals surface area contributed by atoms with Crippen LogP contribution >= 0.6 is 7.92 Å². The highest BCUT2D eigenvalue weighted by Gasteiger charge is 2.55. The molecule has 2 rings (SSSR count). The number of benzene rings is 1. The quantitative estimate of drug-likeness (QED) is 0.376. The lowest BCUT2D eigenvalue weighted by Crippen LogP contribution is -2.47. The highest BCUT2D eigenvalue weighted by Crippen LogP contribution is 2.75. The molecule has 0 saturated carbocycles. The molecule has 1 atom stereocenters. The first-order valence-electron chi connectivity index (χ1n) is 12.9. The molecule has 2 heteroatoms. The second kappa shape index (κ2) is 9.89. The van der Waals surface area contributed by atoms with E-state index in [0.717, 1.165) is 12.2 Å². The van der Waals surface area contributed by atoms with Crippen LogP contribution in [0.25, 0.3) is 5.57 Å². The number of hydrogen-bond donors (Lipinski definition) is 0. The number of hydrogen-bond acceptors (Lipinski definition) is 1. The van der Waals surface area contributed by atoms with Gasteiger partial charge < -0.3 is 4.74 Å². The summed E-state index contributed by atoms with van der Waals surface area (Å²) >= 11 is 0. The largest absolute Gasteiger partial charge is 0.497 e. The van der Waals surface area contributed by atoms with E-state index in [4.69, 9.17) is 4.74 Å². The number of rotatable bonds is 6. The Morgan fingerprint density at radius 3 is 1.82 bits per heavy atom. The average Bonchev–Trinajstić information content (AvgIpc) is 2.65. The Labute approximate surface area is 207 Å². The molecule has 0 saturated heterocycles. The van der Waals surface area contributed by atoms with Crippen LogP contribution in [0, 0.1) is 24.7 Å². The van der Waals surface area contributed by atoms with Crippen LogP contribution in [0.4, 0.5) is 0 Å². The molecule has 1 aliphatic carbocycles. The molecule has 0 radical (unpaired) electrons. The zero-order chi connectivity index (χ0) is 25.5. The predicted molar refractivity (Wildman–Crippen MR) is 151 cm³/mol. The number of aryl methyl sites for hydroxylation is 1. The van der Waals surface area contributed by atoms with E-state index in [9.17, 15) is 0 Å². The first kappa shape index (κ1) is 28.2. The van der Waals surface area contributed by atoms with Crippen molar-refractivity contribution in [3.8, 4) is 5.75 Å². The van der Waals surface area contributed by atoms with Crippen LogP contribution in [0.2, 0.25) is 0 Å². The van der Waals surface area contributed by atoms with Gasteiger partial charge in [0.05, 0.1) is 7.11 Å². The fourth-order valence-corrected chi connectivity index (χ4v) is 12.1. The lowest BCUT2D eigenvalue weighted by atomic mass is 9.69. The van der Waals surface area contributed by atoms with Crippen LogP contribution in [-0.4, -0.2) is 22.6 Å². The zero-order valence-electron chi connectivity index (χ0n) is 24.1. The fraction of sp³-hybridized carbons (Fsp3) is 0.677. The van der Waals surface area contributed by atoms with Crippen molar-refractivity contribution in [3.05, 3.63) is 46.5 Å². The Kier molecular flexibility index (Phi) is 8.44. The molecule has 33 heavy (non-hydrogen) atoms. The van der Waals surface area contributed by atoms with E-state index < -0.39 is 7.92 Å². The molecule has 0 fully saturated rings. The SMILES string of the molecule is COc1ccc(C)c(C2=C(C(C)C)C=C(C(C)C)CC2(C(C)C)P(C(C)(C)C)C(C)(C)C)c1. The maximum absolute atomic E-state index is 5.75. The minimum atomic E-state index is -0.416. The molecule has 0 bridgehead atoms. The summed E-state index contributed by atoms with van der Waals surface area (Å²) in [5.41, 5.74) is 7.51. The maximum atomic E-state index is 5.75. The van der Waals surface area contributed by atoms with Crippen molar-refractivity contribution in [2.24, 2.45) is 17.8 Å². The van der Waals surface area contributed by atoms with Crippen molar-refractivity contribution in [3.63, 3.8) is 0 Å². The average molecular weight is 471 g/mol. The van der Waals surface area contributed by atoms with Gasteiger partial charge in [-0.1, -0.05) is 109 Å². The van der Waals surface area contributed by atoms with Gasteiger partial charge in [0.1, 0.15) is 5.75 Å². The number of methoxy groups -OCH3 is 1. The van der Waals surface area contributed by atoms with Crippen LogP contribution in [0.5, 0.6) is 5.75 Å². The molecule has 1 aromatic rings. The van der Waals surface area contributed by atoms with E-state index in [0.29, 0.717) is 17.8 Å². The van der Waals surface area contributed by atoms with Gasteiger partial charge in [0.2, 0.25) is 0 Å². The van der Waals surface area contributed by atoms with Gasteiger partial charge in [0.15, 0.2) is 0 Å². The third-order valence-electron chi connectivity index (χ3n) is 7.31. The Morgan fingerprint density at radius 2 is 1.42 bits per heavy atom. The summed E-state index contributed by atoms with van der Waals surface area (Å²) in [5, 5.41) is 0.533. The van der Waals surface area contributed by atoms with Gasteiger partial charge in [0, 0.05) is 5.16 Å². The summed E-state index contributed by atoms with van der Waals surface area (Å²) in [6.07, 6.45) is 3.73. The molecule has 1 unspecified atom stereocenters. The molecule has 1 nitrogen and oxygen atoms in total. The Balaban J connectivity index is 3.17. The Morgan fingerprint density at radius 1 is 0.879 bits per heavy atom. The lowest BCUT2D eigenvalue weighted by Gasteiger charge is -2.59. The smallest absolute Gasteiger partial charge is 0.119 e. The van der Waals surface area contributed by atoms with Crippen LogP contribution in [-0.2, 0) is 0 Å². The first-order chi connectivity index (χ1) is 15.0. The minimum absolute atomic E-state index is 0.0942. The molecule has 0 heterocycles. The van der Waals surface area contributed by atoms with Crippen LogP contribution in [0.1, 0.15) is 101 Å². The molecule has 0 spiro atoms. The third kappa shape index (κ3) is 5.45. The molecule has 0 amide bonds. The maximum Gasteiger partial charge on any atom is 0.119 e. The van der Waals surface area contributed by atoms with Crippen molar-refractivity contribution in [2.45, 2.75) is 112 Å². The number of ether oxygens (including phenoxy) is 1. The highest BCUT2D eigenvalue weighted by molar-refractivity contribution is 7.63. The van der Waals surface area contributed by atoms with Gasteiger partial charge >= 0.3 is 0 Å². The van der Waals surface area contributed by atoms with E-state index in [-0.39, 0.29) is 15.5 Å². The second-order valence-electron chi connectivity index (χ2n) is 13.0. The van der Waals surface area contributed by atoms with Gasteiger partial charge in [-0.25, -0.2) is 0 Å². The summed E-state index contributed by atoms with van der Waals surface area (Å²) in [6.45, 7) is 31.7. The first-order valence-corrected chi connectivity index (χ1v) is 14.2. The van der Waals surface area contributed by atoms with Gasteiger partial charge in [-0.15, -0.1) is 0 Å². The van der Waals surface area contributed by atoms with Crippen molar-refractivity contribution in [1.29, 1.82) is 0 Å². The molecule has 1 aliphatic rings. The molecule has 1 aromatic carbocycles. The molecule has 0 aromatic heterocycles. The van der Waals surface area contributed by atoms with E-state index in [1.807, 2.05) is 0 Å². The van der Waals surface area contributed by atoms with Crippen molar-refractivity contribution in [1.82, 2.24) is 0 Å². The fourth-order valence-electron chi connectivity index (χ4n) is 6.33. The van der Waals surface area contributed by atoms with Gasteiger partial charge in [-0.2, -0.15) is 0 Å². The Hall–Kier alpha value is -1.07. The standard InChI is InChI=1S/C31H51OP/c1-20(2)24-17-26(21(3)4)28(27-18-25(32-14)16-15-23(27)7)31(19-24,22(5)6)33(29(8,9)10)30(11,12)13/h15-18,20-22H,19H2,1-14H3. The summed E-state index contributed by atoms with van der Waals surface area (Å²) in [4.78, 5) is 0. The second-order valence-corrected chi connectivity index (χ2v) is 17.1. The Bertz CT molecular complexity index is 888. The van der Waals surface area contributed by atoms with E-state index in [1.54, 1.807) is 18.3 Å². The van der Waals surface area contributed by atoms with Crippen LogP contribution in [0.3, 0.4) is 0 Å². The van der Waals surface area contributed by atoms with Crippen molar-refractivity contribution >= 4 is 13.5 Å². The van der Waals surface area contributed by atoms with E-state index >= 15 is 0 Å². The van der Waals surface area contributed by atoms with Crippen LogP contribution < -0.4 is 4.74 Å². The predicted octanol–water partition coefficient (Wildman–Crippen LogP) is 9.87. The van der Waals surface area contributed by atoms with Crippen molar-refractivity contribution < 1.29 is 4.74 Å². The highest BCUT2D eigenvalue weighted by atomic mass is 31.1. The van der Waals surface area contributed by atoms with Gasteiger partial charge in [-0.3, -0.25) is 0 Å². The third-order valence-corrected chi connectivity index (χ3v) is 11.7. The van der Waals surface area contributed by atoms with E-state index in [2.05, 4.69) is 114 Å². The van der Waals surface area contributed by atoms with Gasteiger partial charge in [-0.05, 0) is 75.8 Å². The molecule has 186 valence electrons. The summed E-state index contributed by atoms with van der Waals surface area (Å²) < 4.78 is 5.75. The molecular weight excluding hydrogens is 419 g/mol. The minimum Gasteiger partial charge on any atom is -0.497 e. The molecule has 0 aliphatic heterocycles.